The number of halogens is 1. The summed E-state index contributed by atoms with van der Waals surface area (Å²) in [5, 5.41) is 18.7. The highest BCUT2D eigenvalue weighted by molar-refractivity contribution is 5.92. The summed E-state index contributed by atoms with van der Waals surface area (Å²) >= 11 is 0. The molecule has 3 aromatic rings. The molecule has 0 saturated carbocycles. The van der Waals surface area contributed by atoms with Crippen LogP contribution in [0.25, 0.3) is 11.0 Å². The number of carboxylic acids is 1. The van der Waals surface area contributed by atoms with Crippen LogP contribution in [0.1, 0.15) is 60.8 Å². The van der Waals surface area contributed by atoms with E-state index in [2.05, 4.69) is 16.0 Å². The predicted octanol–water partition coefficient (Wildman–Crippen LogP) is 6.27. The minimum absolute atomic E-state index is 0.108. The second kappa shape index (κ2) is 11.9. The zero-order chi connectivity index (χ0) is 31.0. The fourth-order valence-corrected chi connectivity index (χ4v) is 6.09. The molecule has 10 heteroatoms. The average molecular weight is 599 g/mol. The Balaban J connectivity index is 1.17. The highest BCUT2D eigenvalue weighted by atomic mass is 19.1. The van der Waals surface area contributed by atoms with Crippen LogP contribution in [-0.4, -0.2) is 57.1 Å². The van der Waals surface area contributed by atoms with Crippen molar-refractivity contribution in [2.45, 2.75) is 64.0 Å². The molecule has 1 N–H and O–H groups in total. The number of imidazole rings is 1. The molecule has 2 atom stereocenters. The summed E-state index contributed by atoms with van der Waals surface area (Å²) in [6.07, 6.45) is 5.31. The van der Waals surface area contributed by atoms with Gasteiger partial charge < -0.3 is 23.9 Å². The molecule has 0 amide bonds. The minimum Gasteiger partial charge on any atom is -0.478 e. The van der Waals surface area contributed by atoms with E-state index < -0.39 is 17.6 Å². The van der Waals surface area contributed by atoms with Crippen LogP contribution in [0.15, 0.2) is 72.1 Å². The number of nitrogens with zero attached hydrogens (tertiary/aromatic N) is 4. The lowest BCUT2D eigenvalue weighted by molar-refractivity contribution is -0.0592. The molecule has 0 spiro atoms. The van der Waals surface area contributed by atoms with E-state index in [1.165, 1.54) is 6.08 Å². The van der Waals surface area contributed by atoms with Crippen LogP contribution in [0.4, 0.5) is 4.39 Å². The van der Waals surface area contributed by atoms with Crippen LogP contribution in [0.3, 0.4) is 0 Å². The Morgan fingerprint density at radius 3 is 2.68 bits per heavy atom. The first-order chi connectivity index (χ1) is 21.2. The summed E-state index contributed by atoms with van der Waals surface area (Å²) in [6.45, 7) is 10.5. The molecule has 0 bridgehead atoms. The van der Waals surface area contributed by atoms with Gasteiger partial charge in [0.25, 0.3) is 5.79 Å². The Labute approximate surface area is 255 Å². The molecular weight excluding hydrogens is 563 g/mol. The first kappa shape index (κ1) is 29.6. The fraction of sp³-hybridized carbons (Fsp3) is 0.382. The van der Waals surface area contributed by atoms with Crippen molar-refractivity contribution in [3.8, 4) is 17.6 Å². The Bertz CT molecular complexity index is 1720. The van der Waals surface area contributed by atoms with Gasteiger partial charge in [0.1, 0.15) is 11.7 Å². The fourth-order valence-electron chi connectivity index (χ4n) is 6.09. The highest BCUT2D eigenvalue weighted by Crippen LogP contribution is 2.48. The number of rotatable bonds is 9. The third-order valence-corrected chi connectivity index (χ3v) is 8.93. The summed E-state index contributed by atoms with van der Waals surface area (Å²) in [7, 11) is 0. The van der Waals surface area contributed by atoms with E-state index >= 15 is 4.39 Å². The number of carboxylic acid groups (broad SMARTS) is 1. The van der Waals surface area contributed by atoms with Gasteiger partial charge in [0.05, 0.1) is 47.4 Å². The molecule has 228 valence electrons. The van der Waals surface area contributed by atoms with Crippen LogP contribution in [0.5, 0.6) is 11.5 Å². The van der Waals surface area contributed by atoms with Crippen LogP contribution in [0, 0.1) is 11.3 Å². The van der Waals surface area contributed by atoms with E-state index in [1.54, 1.807) is 32.0 Å². The number of para-hydroxylation sites is 1. The van der Waals surface area contributed by atoms with E-state index in [4.69, 9.17) is 24.5 Å². The van der Waals surface area contributed by atoms with Gasteiger partial charge in [-0.15, -0.1) is 0 Å². The Kier molecular flexibility index (Phi) is 8.01. The second-order valence-corrected chi connectivity index (χ2v) is 11.7. The van der Waals surface area contributed by atoms with Crippen molar-refractivity contribution >= 4 is 17.0 Å². The monoisotopic (exact) mass is 598 g/mol. The maximum Gasteiger partial charge on any atom is 0.335 e. The topological polar surface area (TPSA) is 110 Å². The van der Waals surface area contributed by atoms with Crippen molar-refractivity contribution in [3.63, 3.8) is 0 Å². The summed E-state index contributed by atoms with van der Waals surface area (Å²) < 4.78 is 35.3. The van der Waals surface area contributed by atoms with E-state index in [1.807, 2.05) is 24.3 Å². The van der Waals surface area contributed by atoms with Crippen molar-refractivity contribution < 1.29 is 28.5 Å². The largest absolute Gasteiger partial charge is 0.478 e. The lowest BCUT2D eigenvalue weighted by Gasteiger charge is -2.33. The van der Waals surface area contributed by atoms with E-state index in [0.29, 0.717) is 24.6 Å². The number of likely N-dealkylation sites (tertiary alicyclic amines) is 1. The quantitative estimate of drug-likeness (QED) is 0.227. The van der Waals surface area contributed by atoms with Crippen molar-refractivity contribution in [3.05, 3.63) is 89.1 Å². The number of aromatic carboxylic acids is 1. The number of piperidine rings is 1. The van der Waals surface area contributed by atoms with Gasteiger partial charge in [-0.05, 0) is 75.5 Å². The van der Waals surface area contributed by atoms with Gasteiger partial charge >= 0.3 is 5.97 Å². The summed E-state index contributed by atoms with van der Waals surface area (Å²) in [4.78, 5) is 18.9. The number of ether oxygens (including phenoxy) is 3. The number of hydrogen-bond donors (Lipinski definition) is 1. The summed E-state index contributed by atoms with van der Waals surface area (Å²) in [5.41, 5.74) is 3.22. The van der Waals surface area contributed by atoms with Gasteiger partial charge in [-0.2, -0.15) is 5.26 Å². The molecule has 3 aliphatic rings. The van der Waals surface area contributed by atoms with Crippen LogP contribution >= 0.6 is 0 Å². The number of nitriles is 1. The normalized spacial score (nSPS) is 22.8. The first-order valence-electron chi connectivity index (χ1n) is 14.9. The van der Waals surface area contributed by atoms with Gasteiger partial charge in [0.15, 0.2) is 11.5 Å². The van der Waals surface area contributed by atoms with E-state index in [-0.39, 0.29) is 28.7 Å². The van der Waals surface area contributed by atoms with Gasteiger partial charge in [-0.3, -0.25) is 4.90 Å². The maximum absolute atomic E-state index is 15.1. The lowest BCUT2D eigenvalue weighted by atomic mass is 9.88. The molecule has 6 rings (SSSR count). The van der Waals surface area contributed by atoms with Crippen molar-refractivity contribution in [2.24, 2.45) is 0 Å². The van der Waals surface area contributed by atoms with E-state index in [9.17, 15) is 9.90 Å². The standard InChI is InChI=1S/C34H35FN4O5/c1-4-22(18-36)16-27(35)21(2)34(3)43-30-7-5-6-26(32(30)44-34)23-10-13-38(14-11-23)20-31-37-28-9-8-24(33(40)41)17-29(28)39(31)19-25-12-15-42-25/h4-9,16-17,23,25H,1,10-15,19-20H2,2-3H3,(H,40,41)/b22-16+,27-21-/t25-,34?/m0/s1. The van der Waals surface area contributed by atoms with Crippen molar-refractivity contribution in [1.82, 2.24) is 14.5 Å². The predicted molar refractivity (Wildman–Crippen MR) is 162 cm³/mol. The van der Waals surface area contributed by atoms with Crippen LogP contribution < -0.4 is 9.47 Å². The van der Waals surface area contributed by atoms with Gasteiger partial charge in [0.2, 0.25) is 0 Å². The van der Waals surface area contributed by atoms with Gasteiger partial charge in [0, 0.05) is 24.7 Å². The zero-order valence-corrected chi connectivity index (χ0v) is 24.9. The van der Waals surface area contributed by atoms with Gasteiger partial charge in [-0.1, -0.05) is 24.8 Å². The summed E-state index contributed by atoms with van der Waals surface area (Å²) in [5.74, 6) is -0.567. The second-order valence-electron chi connectivity index (χ2n) is 11.7. The molecular formula is C34H35FN4O5. The van der Waals surface area contributed by atoms with Crippen LogP contribution in [-0.2, 0) is 17.8 Å². The van der Waals surface area contributed by atoms with E-state index in [0.717, 1.165) is 67.5 Å². The molecule has 1 unspecified atom stereocenters. The van der Waals surface area contributed by atoms with Crippen LogP contribution in [0.2, 0.25) is 0 Å². The molecule has 2 fully saturated rings. The Morgan fingerprint density at radius 2 is 2.02 bits per heavy atom. The molecule has 3 aliphatic heterocycles. The number of benzene rings is 2. The SMILES string of the molecule is C=C/C(C#N)=C\C(F)=C(/C)C1(C)Oc2cccc(C3CCN(Cc4nc5ccc(C(=O)O)cc5n4C[C@@H]4CCO4)CC3)c2O1. The molecule has 44 heavy (non-hydrogen) atoms. The Morgan fingerprint density at radius 1 is 1.25 bits per heavy atom. The Hall–Kier alpha value is -4.46. The molecule has 2 aromatic carbocycles. The third kappa shape index (κ3) is 5.61. The lowest BCUT2D eigenvalue weighted by Crippen LogP contribution is -2.37. The van der Waals surface area contributed by atoms with Crippen molar-refractivity contribution in [2.75, 3.05) is 19.7 Å². The molecule has 0 radical (unpaired) electrons. The van der Waals surface area contributed by atoms with Crippen molar-refractivity contribution in [1.29, 1.82) is 5.26 Å². The number of allylic oxidation sites excluding steroid dienone is 4. The molecule has 9 nitrogen and oxygen atoms in total. The number of fused-ring (bicyclic) bond motifs is 2. The van der Waals surface area contributed by atoms with Gasteiger partial charge in [-0.25, -0.2) is 14.2 Å². The number of aromatic nitrogens is 2. The molecule has 1 aromatic heterocycles. The molecule has 4 heterocycles. The smallest absolute Gasteiger partial charge is 0.335 e. The molecule has 2 saturated heterocycles. The number of carbonyl (C=O) groups is 1. The highest BCUT2D eigenvalue weighted by Gasteiger charge is 2.42. The maximum atomic E-state index is 15.1. The minimum atomic E-state index is -1.34. The molecule has 0 aliphatic carbocycles. The third-order valence-electron chi connectivity index (χ3n) is 8.93. The summed E-state index contributed by atoms with van der Waals surface area (Å²) in [6, 6.07) is 12.8. The first-order valence-corrected chi connectivity index (χ1v) is 14.9. The zero-order valence-electron chi connectivity index (χ0n) is 24.9. The number of hydrogen-bond acceptors (Lipinski definition) is 7. The average Bonchev–Trinajstić information content (AvgIpc) is 3.53.